The lowest BCUT2D eigenvalue weighted by molar-refractivity contribution is 0.304. The van der Waals surface area contributed by atoms with Gasteiger partial charge in [0.1, 0.15) is 10.6 Å². The number of sulfonamides is 1. The number of anilines is 1. The summed E-state index contributed by atoms with van der Waals surface area (Å²) in [6, 6.07) is 4.95. The molecule has 0 radical (unpaired) electrons. The number of aromatic nitrogens is 3. The lowest BCUT2D eigenvalue weighted by Gasteiger charge is -2.04. The number of H-pyrrole nitrogens is 1. The van der Waals surface area contributed by atoms with Gasteiger partial charge in [0.05, 0.1) is 0 Å². The van der Waals surface area contributed by atoms with Crippen molar-refractivity contribution in [3.63, 3.8) is 0 Å². The molecular weight excluding hydrogens is 328 g/mol. The van der Waals surface area contributed by atoms with Crippen molar-refractivity contribution in [2.45, 2.75) is 24.7 Å². The fourth-order valence-electron chi connectivity index (χ4n) is 2.16. The van der Waals surface area contributed by atoms with Crippen molar-refractivity contribution < 1.29 is 13.0 Å². The van der Waals surface area contributed by atoms with Gasteiger partial charge in [-0.05, 0) is 29.8 Å². The van der Waals surface area contributed by atoms with Gasteiger partial charge < -0.3 is 4.98 Å². The Morgan fingerprint density at radius 2 is 2.18 bits per heavy atom. The fourth-order valence-corrected chi connectivity index (χ4v) is 3.53. The summed E-state index contributed by atoms with van der Waals surface area (Å²) in [5.74, 6) is 0.116. The van der Waals surface area contributed by atoms with Gasteiger partial charge in [0.15, 0.2) is 0 Å². The highest BCUT2D eigenvalue weighted by Gasteiger charge is 2.22. The van der Waals surface area contributed by atoms with E-state index in [1.54, 1.807) is 18.2 Å². The van der Waals surface area contributed by atoms with Gasteiger partial charge in [-0.3, -0.25) is 4.72 Å². The Balaban J connectivity index is 1.99. The van der Waals surface area contributed by atoms with Crippen molar-refractivity contribution in [1.82, 2.24) is 15.3 Å². The zero-order valence-corrected chi connectivity index (χ0v) is 13.2. The van der Waals surface area contributed by atoms with Gasteiger partial charge in [-0.15, -0.1) is 0 Å². The minimum absolute atomic E-state index is 0.115. The third-order valence-electron chi connectivity index (χ3n) is 3.17. The first-order chi connectivity index (χ1) is 10.5. The number of hydrogen-bond acceptors (Lipinski definition) is 5. The van der Waals surface area contributed by atoms with E-state index in [0.29, 0.717) is 28.0 Å². The number of aromatic amines is 1. The molecule has 0 atom stereocenters. The molecule has 116 valence electrons. The first-order valence-electron chi connectivity index (χ1n) is 6.62. The average molecular weight is 341 g/mol. The molecule has 0 aliphatic carbocycles. The number of benzene rings is 1. The Bertz CT molecular complexity index is 916. The first-order valence-corrected chi connectivity index (χ1v) is 8.48. The molecule has 3 rings (SSSR count). The Kier molecular flexibility index (Phi) is 3.79. The fraction of sp³-hybridized carbons (Fsp3) is 0.231. The first kappa shape index (κ1) is 14.9. The van der Waals surface area contributed by atoms with E-state index in [4.69, 9.17) is 11.6 Å². The molecule has 0 aliphatic heterocycles. The molecule has 9 heteroatoms. The van der Waals surface area contributed by atoms with Crippen LogP contribution in [0.25, 0.3) is 10.9 Å². The largest absolute Gasteiger partial charge is 0.360 e. The molecule has 3 aromatic rings. The van der Waals surface area contributed by atoms with Crippen molar-refractivity contribution in [2.75, 3.05) is 4.72 Å². The number of fused-ring (bicyclic) bond motifs is 1. The number of rotatable bonds is 5. The van der Waals surface area contributed by atoms with Gasteiger partial charge >= 0.3 is 0 Å². The minimum Gasteiger partial charge on any atom is -0.360 e. The summed E-state index contributed by atoms with van der Waals surface area (Å²) in [6.45, 7) is 1.95. The van der Waals surface area contributed by atoms with Crippen LogP contribution in [0.3, 0.4) is 0 Å². The molecule has 0 fully saturated rings. The summed E-state index contributed by atoms with van der Waals surface area (Å²) in [5, 5.41) is 8.40. The summed E-state index contributed by atoms with van der Waals surface area (Å²) < 4.78 is 32.1. The number of aryl methyl sites for hydroxylation is 1. The second-order valence-corrected chi connectivity index (χ2v) is 6.85. The highest BCUT2D eigenvalue weighted by atomic mass is 35.5. The van der Waals surface area contributed by atoms with E-state index in [-0.39, 0.29) is 10.7 Å². The molecule has 0 bridgehead atoms. The molecule has 7 nitrogen and oxygen atoms in total. The van der Waals surface area contributed by atoms with Gasteiger partial charge in [-0.25, -0.2) is 13.0 Å². The van der Waals surface area contributed by atoms with Crippen molar-refractivity contribution >= 4 is 38.3 Å². The lowest BCUT2D eigenvalue weighted by Crippen LogP contribution is -2.14. The number of hydrogen-bond donors (Lipinski definition) is 2. The smallest absolute Gasteiger partial charge is 0.265 e. The van der Waals surface area contributed by atoms with Crippen LogP contribution in [0.15, 0.2) is 33.9 Å². The van der Waals surface area contributed by atoms with Crippen molar-refractivity contribution in [2.24, 2.45) is 0 Å². The number of halogens is 1. The summed E-state index contributed by atoms with van der Waals surface area (Å²) in [4.78, 5) is 3.01. The van der Waals surface area contributed by atoms with Crippen LogP contribution >= 0.6 is 11.6 Å². The monoisotopic (exact) mass is 340 g/mol. The van der Waals surface area contributed by atoms with Gasteiger partial charge in [-0.1, -0.05) is 30.1 Å². The third-order valence-corrected chi connectivity index (χ3v) is 4.78. The Labute approximate surface area is 131 Å². The van der Waals surface area contributed by atoms with E-state index in [1.165, 1.54) is 6.20 Å². The standard InChI is InChI=1S/C13H13ClN4O3S/c1-2-3-10-13(17-21-16-10)18-22(19,20)12-7-15-11-6-8(14)4-5-9(11)12/h4-7,15H,2-3H2,1H3,(H,17,18). The molecule has 0 saturated heterocycles. The second kappa shape index (κ2) is 5.62. The Morgan fingerprint density at radius 1 is 1.36 bits per heavy atom. The molecule has 0 spiro atoms. The zero-order chi connectivity index (χ0) is 15.7. The van der Waals surface area contributed by atoms with Gasteiger partial charge in [0, 0.05) is 22.1 Å². The lowest BCUT2D eigenvalue weighted by atomic mass is 10.2. The predicted molar refractivity (Wildman–Crippen MR) is 82.4 cm³/mol. The second-order valence-electron chi connectivity index (χ2n) is 4.76. The maximum atomic E-state index is 12.5. The summed E-state index contributed by atoms with van der Waals surface area (Å²) in [5.41, 5.74) is 1.12. The van der Waals surface area contributed by atoms with Crippen LogP contribution in [-0.4, -0.2) is 23.7 Å². The van der Waals surface area contributed by atoms with E-state index < -0.39 is 10.0 Å². The number of nitrogens with zero attached hydrogens (tertiary/aromatic N) is 2. The van der Waals surface area contributed by atoms with Crippen molar-refractivity contribution in [3.8, 4) is 0 Å². The van der Waals surface area contributed by atoms with Gasteiger partial charge in [0.25, 0.3) is 10.0 Å². The molecular formula is C13H13ClN4O3S. The highest BCUT2D eigenvalue weighted by Crippen LogP contribution is 2.27. The van der Waals surface area contributed by atoms with Crippen molar-refractivity contribution in [3.05, 3.63) is 35.1 Å². The van der Waals surface area contributed by atoms with Crippen LogP contribution in [-0.2, 0) is 16.4 Å². The zero-order valence-electron chi connectivity index (χ0n) is 11.6. The number of nitrogens with one attached hydrogen (secondary N) is 2. The van der Waals surface area contributed by atoms with Crippen molar-refractivity contribution in [1.29, 1.82) is 0 Å². The molecule has 0 aliphatic rings. The predicted octanol–water partition coefficient (Wildman–Crippen LogP) is 2.96. The SMILES string of the molecule is CCCc1nonc1NS(=O)(=O)c1c[nH]c2cc(Cl)ccc12. The minimum atomic E-state index is -3.81. The van der Waals surface area contributed by atoms with Gasteiger partial charge in [0.2, 0.25) is 5.82 Å². The van der Waals surface area contributed by atoms with E-state index in [0.717, 1.165) is 6.42 Å². The molecule has 2 N–H and O–H groups in total. The summed E-state index contributed by atoms with van der Waals surface area (Å²) in [7, 11) is -3.81. The highest BCUT2D eigenvalue weighted by molar-refractivity contribution is 7.93. The summed E-state index contributed by atoms with van der Waals surface area (Å²) in [6.07, 6.45) is 2.79. The molecule has 1 aromatic carbocycles. The van der Waals surface area contributed by atoms with Gasteiger partial charge in [-0.2, -0.15) is 0 Å². The topological polar surface area (TPSA) is 101 Å². The molecule has 0 unspecified atom stereocenters. The van der Waals surface area contributed by atoms with Crippen LogP contribution in [0.5, 0.6) is 0 Å². The van der Waals surface area contributed by atoms with E-state index >= 15 is 0 Å². The van der Waals surface area contributed by atoms with Crippen LogP contribution < -0.4 is 4.72 Å². The van der Waals surface area contributed by atoms with Crippen LogP contribution in [0.4, 0.5) is 5.82 Å². The maximum Gasteiger partial charge on any atom is 0.265 e. The van der Waals surface area contributed by atoms with E-state index in [9.17, 15) is 8.42 Å². The summed E-state index contributed by atoms with van der Waals surface area (Å²) >= 11 is 5.90. The normalized spacial score (nSPS) is 11.9. The quantitative estimate of drug-likeness (QED) is 0.743. The molecule has 2 aromatic heterocycles. The molecule has 0 saturated carbocycles. The Hall–Kier alpha value is -2.06. The van der Waals surface area contributed by atoms with Crippen LogP contribution in [0.2, 0.25) is 5.02 Å². The van der Waals surface area contributed by atoms with Crippen LogP contribution in [0.1, 0.15) is 19.0 Å². The van der Waals surface area contributed by atoms with E-state index in [1.807, 2.05) is 6.92 Å². The van der Waals surface area contributed by atoms with Crippen LogP contribution in [0, 0.1) is 0 Å². The molecule has 2 heterocycles. The molecule has 22 heavy (non-hydrogen) atoms. The van der Waals surface area contributed by atoms with E-state index in [2.05, 4.69) is 24.6 Å². The Morgan fingerprint density at radius 3 is 2.95 bits per heavy atom. The molecule has 0 amide bonds. The third kappa shape index (κ3) is 2.67. The average Bonchev–Trinajstić information content (AvgIpc) is 3.06. The maximum absolute atomic E-state index is 12.5.